The molecule has 3 nitrogen and oxygen atoms in total. The second-order valence-electron chi connectivity index (χ2n) is 3.93. The summed E-state index contributed by atoms with van der Waals surface area (Å²) in [5.74, 6) is 0.591. The van der Waals surface area contributed by atoms with E-state index in [9.17, 15) is 0 Å². The summed E-state index contributed by atoms with van der Waals surface area (Å²) < 4.78 is 16.3. The largest absolute Gasteiger partial charge is 0.379 e. The van der Waals surface area contributed by atoms with E-state index in [2.05, 4.69) is 29.8 Å². The molecule has 0 bridgehead atoms. The number of hydrogen-bond acceptors (Lipinski definition) is 3. The van der Waals surface area contributed by atoms with Crippen LogP contribution in [-0.4, -0.2) is 44.0 Å². The second kappa shape index (κ2) is 6.77. The number of halogens is 1. The van der Waals surface area contributed by atoms with Crippen molar-refractivity contribution >= 4 is 15.9 Å². The molecule has 0 aromatic rings. The maximum atomic E-state index is 5.60. The van der Waals surface area contributed by atoms with E-state index >= 15 is 0 Å². The highest BCUT2D eigenvalue weighted by Crippen LogP contribution is 2.17. The summed E-state index contributed by atoms with van der Waals surface area (Å²) >= 11 is 3.51. The Morgan fingerprint density at radius 3 is 2.71 bits per heavy atom. The summed E-state index contributed by atoms with van der Waals surface area (Å²) in [4.78, 5) is 0.340. The van der Waals surface area contributed by atoms with Gasteiger partial charge in [0.1, 0.15) is 0 Å². The Labute approximate surface area is 94.2 Å². The topological polar surface area (TPSA) is 27.7 Å². The van der Waals surface area contributed by atoms with Gasteiger partial charge in [0.2, 0.25) is 0 Å². The molecule has 0 spiro atoms. The lowest BCUT2D eigenvalue weighted by Crippen LogP contribution is -2.24. The third kappa shape index (κ3) is 4.73. The molecule has 0 aromatic carbocycles. The van der Waals surface area contributed by atoms with E-state index in [0.29, 0.717) is 30.6 Å². The van der Waals surface area contributed by atoms with Gasteiger partial charge in [0.25, 0.3) is 0 Å². The Kier molecular flexibility index (Phi) is 6.01. The van der Waals surface area contributed by atoms with E-state index in [-0.39, 0.29) is 6.10 Å². The number of rotatable bonds is 6. The predicted molar refractivity (Wildman–Crippen MR) is 58.9 cm³/mol. The lowest BCUT2D eigenvalue weighted by atomic mass is 10.2. The first kappa shape index (κ1) is 12.4. The third-order valence-electron chi connectivity index (χ3n) is 1.97. The van der Waals surface area contributed by atoms with Gasteiger partial charge in [-0.3, -0.25) is 0 Å². The number of ether oxygens (including phenoxy) is 3. The van der Waals surface area contributed by atoms with E-state index in [1.807, 2.05) is 0 Å². The average molecular weight is 267 g/mol. The van der Waals surface area contributed by atoms with Crippen molar-refractivity contribution in [2.75, 3.05) is 33.0 Å². The summed E-state index contributed by atoms with van der Waals surface area (Å²) in [5, 5.41) is 0. The van der Waals surface area contributed by atoms with E-state index in [1.165, 1.54) is 0 Å². The third-order valence-corrected chi connectivity index (χ3v) is 2.83. The molecule has 0 saturated carbocycles. The molecule has 2 unspecified atom stereocenters. The molecule has 84 valence electrons. The average Bonchev–Trinajstić information content (AvgIpc) is 2.51. The smallest absolute Gasteiger partial charge is 0.0956 e. The fraction of sp³-hybridized carbons (Fsp3) is 1.00. The molecule has 1 fully saturated rings. The van der Waals surface area contributed by atoms with Crippen molar-refractivity contribution < 1.29 is 14.2 Å². The zero-order valence-electron chi connectivity index (χ0n) is 8.87. The van der Waals surface area contributed by atoms with Gasteiger partial charge in [-0.05, 0) is 5.92 Å². The van der Waals surface area contributed by atoms with Crippen LogP contribution in [0, 0.1) is 5.92 Å². The SMILES string of the molecule is CC(C)COCCOC1COCC1Br. The van der Waals surface area contributed by atoms with Gasteiger partial charge in [-0.25, -0.2) is 0 Å². The molecule has 1 rings (SSSR count). The normalized spacial score (nSPS) is 27.4. The first-order valence-corrected chi connectivity index (χ1v) is 6.03. The van der Waals surface area contributed by atoms with E-state index in [1.54, 1.807) is 0 Å². The van der Waals surface area contributed by atoms with Crippen molar-refractivity contribution in [3.05, 3.63) is 0 Å². The van der Waals surface area contributed by atoms with E-state index in [4.69, 9.17) is 14.2 Å². The van der Waals surface area contributed by atoms with Crippen LogP contribution in [0.25, 0.3) is 0 Å². The first-order chi connectivity index (χ1) is 6.70. The first-order valence-electron chi connectivity index (χ1n) is 5.11. The molecule has 1 aliphatic rings. The summed E-state index contributed by atoms with van der Waals surface area (Å²) in [6, 6.07) is 0. The second-order valence-corrected chi connectivity index (χ2v) is 5.11. The van der Waals surface area contributed by atoms with Gasteiger partial charge < -0.3 is 14.2 Å². The Balaban J connectivity index is 1.93. The highest BCUT2D eigenvalue weighted by atomic mass is 79.9. The fourth-order valence-electron chi connectivity index (χ4n) is 1.24. The van der Waals surface area contributed by atoms with Gasteiger partial charge >= 0.3 is 0 Å². The van der Waals surface area contributed by atoms with Crippen LogP contribution in [0.3, 0.4) is 0 Å². The van der Waals surface area contributed by atoms with Crippen LogP contribution in [0.2, 0.25) is 0 Å². The molecule has 0 amide bonds. The van der Waals surface area contributed by atoms with Gasteiger partial charge in [0.15, 0.2) is 0 Å². The Morgan fingerprint density at radius 1 is 1.36 bits per heavy atom. The van der Waals surface area contributed by atoms with Crippen molar-refractivity contribution in [3.63, 3.8) is 0 Å². The molecular formula is C10H19BrO3. The molecule has 4 heteroatoms. The minimum absolute atomic E-state index is 0.192. The van der Waals surface area contributed by atoms with Crippen molar-refractivity contribution in [1.82, 2.24) is 0 Å². The summed E-state index contributed by atoms with van der Waals surface area (Å²) in [7, 11) is 0. The van der Waals surface area contributed by atoms with E-state index < -0.39 is 0 Å². The molecule has 14 heavy (non-hydrogen) atoms. The van der Waals surface area contributed by atoms with Crippen molar-refractivity contribution in [2.24, 2.45) is 5.92 Å². The van der Waals surface area contributed by atoms with Crippen LogP contribution in [0.4, 0.5) is 0 Å². The minimum atomic E-state index is 0.192. The quantitative estimate of drug-likeness (QED) is 0.543. The van der Waals surface area contributed by atoms with E-state index in [0.717, 1.165) is 13.2 Å². The Morgan fingerprint density at radius 2 is 2.14 bits per heavy atom. The summed E-state index contributed by atoms with van der Waals surface area (Å²) in [6.07, 6.45) is 0.192. The maximum Gasteiger partial charge on any atom is 0.0956 e. The zero-order valence-corrected chi connectivity index (χ0v) is 10.5. The van der Waals surface area contributed by atoms with Crippen LogP contribution in [0.5, 0.6) is 0 Å². The number of alkyl halides is 1. The molecule has 0 aromatic heterocycles. The Hall–Kier alpha value is 0.360. The summed E-state index contributed by atoms with van der Waals surface area (Å²) in [5.41, 5.74) is 0. The lowest BCUT2D eigenvalue weighted by Gasteiger charge is -2.13. The molecule has 0 radical (unpaired) electrons. The van der Waals surface area contributed by atoms with Crippen LogP contribution in [-0.2, 0) is 14.2 Å². The van der Waals surface area contributed by atoms with Gasteiger partial charge in [-0.2, -0.15) is 0 Å². The molecule has 1 aliphatic heterocycles. The van der Waals surface area contributed by atoms with Crippen LogP contribution < -0.4 is 0 Å². The molecule has 2 atom stereocenters. The lowest BCUT2D eigenvalue weighted by molar-refractivity contribution is -0.00222. The van der Waals surface area contributed by atoms with Gasteiger partial charge in [-0.1, -0.05) is 29.8 Å². The zero-order chi connectivity index (χ0) is 10.4. The fourth-order valence-corrected chi connectivity index (χ4v) is 1.73. The van der Waals surface area contributed by atoms with Crippen molar-refractivity contribution in [2.45, 2.75) is 24.8 Å². The van der Waals surface area contributed by atoms with Crippen LogP contribution in [0.1, 0.15) is 13.8 Å². The van der Waals surface area contributed by atoms with Crippen LogP contribution >= 0.6 is 15.9 Å². The van der Waals surface area contributed by atoms with Crippen LogP contribution in [0.15, 0.2) is 0 Å². The standard InChI is InChI=1S/C10H19BrO3/c1-8(2)5-12-3-4-14-10-7-13-6-9(10)11/h8-10H,3-7H2,1-2H3. The van der Waals surface area contributed by atoms with Crippen molar-refractivity contribution in [3.8, 4) is 0 Å². The minimum Gasteiger partial charge on any atom is -0.379 e. The number of hydrogen-bond donors (Lipinski definition) is 0. The predicted octanol–water partition coefficient (Wildman–Crippen LogP) is 1.84. The maximum absolute atomic E-state index is 5.60. The monoisotopic (exact) mass is 266 g/mol. The van der Waals surface area contributed by atoms with Gasteiger partial charge in [0.05, 0.1) is 37.4 Å². The van der Waals surface area contributed by atoms with Crippen molar-refractivity contribution in [1.29, 1.82) is 0 Å². The van der Waals surface area contributed by atoms with Gasteiger partial charge in [-0.15, -0.1) is 0 Å². The molecule has 1 heterocycles. The summed E-state index contributed by atoms with van der Waals surface area (Å²) in [6.45, 7) is 7.86. The molecule has 0 N–H and O–H groups in total. The molecular weight excluding hydrogens is 248 g/mol. The Bertz CT molecular complexity index is 152. The highest BCUT2D eigenvalue weighted by molar-refractivity contribution is 9.09. The molecule has 0 aliphatic carbocycles. The molecule has 1 saturated heterocycles. The van der Waals surface area contributed by atoms with Gasteiger partial charge in [0, 0.05) is 6.61 Å². The highest BCUT2D eigenvalue weighted by Gasteiger charge is 2.26.